The molecule has 0 radical (unpaired) electrons. The first-order chi connectivity index (χ1) is 8.04. The summed E-state index contributed by atoms with van der Waals surface area (Å²) in [5.74, 6) is -1.19. The van der Waals surface area contributed by atoms with Crippen LogP contribution in [-0.4, -0.2) is 58.9 Å². The van der Waals surface area contributed by atoms with Crippen molar-refractivity contribution in [2.45, 2.75) is 26.2 Å². The lowest BCUT2D eigenvalue weighted by Gasteiger charge is -2.22. The molecule has 0 aromatic heterocycles. The molecular formula is C11H18N2O4. The first-order valence-corrected chi connectivity index (χ1v) is 5.82. The van der Waals surface area contributed by atoms with Crippen molar-refractivity contribution in [1.82, 2.24) is 9.80 Å². The number of carbonyl (C=O) groups is 3. The Labute approximate surface area is 100 Å². The number of aliphatic carboxylic acids is 1. The summed E-state index contributed by atoms with van der Waals surface area (Å²) in [7, 11) is 0. The van der Waals surface area contributed by atoms with E-state index in [9.17, 15) is 14.4 Å². The number of hydrogen-bond donors (Lipinski definition) is 1. The maximum absolute atomic E-state index is 11.3. The molecule has 1 rings (SSSR count). The minimum absolute atomic E-state index is 0.0515. The number of carbonyl (C=O) groups excluding carboxylic acids is 2. The number of carboxylic acids is 1. The van der Waals surface area contributed by atoms with Crippen LogP contribution in [0.1, 0.15) is 26.2 Å². The van der Waals surface area contributed by atoms with Gasteiger partial charge in [0.2, 0.25) is 11.8 Å². The third-order valence-electron chi connectivity index (χ3n) is 2.69. The molecule has 1 N–H and O–H groups in total. The van der Waals surface area contributed by atoms with E-state index in [1.807, 2.05) is 6.92 Å². The standard InChI is InChI=1S/C11H18N2O4/c1-2-5-12(8-11(16)17)6-7-13-9(14)3-4-10(13)15/h2-8H2,1H3,(H,16,17). The van der Waals surface area contributed by atoms with E-state index in [1.54, 1.807) is 4.90 Å². The van der Waals surface area contributed by atoms with Crippen molar-refractivity contribution in [1.29, 1.82) is 0 Å². The summed E-state index contributed by atoms with van der Waals surface area (Å²) < 4.78 is 0. The summed E-state index contributed by atoms with van der Waals surface area (Å²) in [6.45, 7) is 3.29. The molecule has 6 nitrogen and oxygen atoms in total. The monoisotopic (exact) mass is 242 g/mol. The quantitative estimate of drug-likeness (QED) is 0.632. The van der Waals surface area contributed by atoms with Crippen molar-refractivity contribution in [3.8, 4) is 0 Å². The van der Waals surface area contributed by atoms with E-state index in [2.05, 4.69) is 0 Å². The van der Waals surface area contributed by atoms with Gasteiger partial charge < -0.3 is 5.11 Å². The van der Waals surface area contributed by atoms with Gasteiger partial charge in [-0.3, -0.25) is 24.2 Å². The highest BCUT2D eigenvalue weighted by molar-refractivity contribution is 6.01. The lowest BCUT2D eigenvalue weighted by molar-refractivity contribution is -0.138. The van der Waals surface area contributed by atoms with Crippen LogP contribution in [0.25, 0.3) is 0 Å². The Morgan fingerprint density at radius 2 is 1.88 bits per heavy atom. The van der Waals surface area contributed by atoms with Gasteiger partial charge in [-0.1, -0.05) is 6.92 Å². The van der Waals surface area contributed by atoms with Crippen LogP contribution in [0, 0.1) is 0 Å². The van der Waals surface area contributed by atoms with Crippen LogP contribution < -0.4 is 0 Å². The van der Waals surface area contributed by atoms with Gasteiger partial charge in [-0.25, -0.2) is 0 Å². The van der Waals surface area contributed by atoms with Crippen LogP contribution in [0.4, 0.5) is 0 Å². The van der Waals surface area contributed by atoms with Crippen molar-refractivity contribution in [3.05, 3.63) is 0 Å². The molecule has 1 aliphatic rings. The zero-order valence-electron chi connectivity index (χ0n) is 10.0. The van der Waals surface area contributed by atoms with Crippen molar-refractivity contribution < 1.29 is 19.5 Å². The van der Waals surface area contributed by atoms with E-state index < -0.39 is 5.97 Å². The average Bonchev–Trinajstić information content (AvgIpc) is 2.55. The summed E-state index contributed by atoms with van der Waals surface area (Å²) in [6.07, 6.45) is 1.41. The van der Waals surface area contributed by atoms with Crippen molar-refractivity contribution in [2.75, 3.05) is 26.2 Å². The predicted molar refractivity (Wildman–Crippen MR) is 60.3 cm³/mol. The minimum atomic E-state index is -0.891. The largest absolute Gasteiger partial charge is 0.480 e. The summed E-state index contributed by atoms with van der Waals surface area (Å²) in [6, 6.07) is 0. The lowest BCUT2D eigenvalue weighted by Crippen LogP contribution is -2.40. The summed E-state index contributed by atoms with van der Waals surface area (Å²) in [5, 5.41) is 8.72. The van der Waals surface area contributed by atoms with Crippen molar-refractivity contribution in [3.63, 3.8) is 0 Å². The molecule has 17 heavy (non-hydrogen) atoms. The first kappa shape index (κ1) is 13.6. The Hall–Kier alpha value is -1.43. The second-order valence-electron chi connectivity index (χ2n) is 4.11. The molecule has 0 unspecified atom stereocenters. The third kappa shape index (κ3) is 4.14. The highest BCUT2D eigenvalue weighted by Gasteiger charge is 2.28. The lowest BCUT2D eigenvalue weighted by atomic mass is 10.3. The molecule has 2 amide bonds. The highest BCUT2D eigenvalue weighted by atomic mass is 16.4. The van der Waals surface area contributed by atoms with E-state index in [0.717, 1.165) is 6.42 Å². The molecule has 1 aliphatic heterocycles. The number of nitrogens with zero attached hydrogens (tertiary/aromatic N) is 2. The number of imide groups is 1. The van der Waals surface area contributed by atoms with E-state index >= 15 is 0 Å². The van der Waals surface area contributed by atoms with E-state index in [-0.39, 0.29) is 31.2 Å². The molecule has 1 heterocycles. The Balaban J connectivity index is 2.42. The molecule has 0 aromatic carbocycles. The fraction of sp³-hybridized carbons (Fsp3) is 0.727. The average molecular weight is 242 g/mol. The summed E-state index contributed by atoms with van der Waals surface area (Å²) in [5.41, 5.74) is 0. The maximum Gasteiger partial charge on any atom is 0.317 e. The molecule has 1 fully saturated rings. The van der Waals surface area contributed by atoms with E-state index in [0.29, 0.717) is 19.6 Å². The number of carboxylic acid groups (broad SMARTS) is 1. The van der Waals surface area contributed by atoms with Gasteiger partial charge in [0.25, 0.3) is 0 Å². The van der Waals surface area contributed by atoms with Crippen molar-refractivity contribution >= 4 is 17.8 Å². The molecule has 0 spiro atoms. The van der Waals surface area contributed by atoms with Crippen LogP contribution in [0.2, 0.25) is 0 Å². The Morgan fingerprint density at radius 3 is 2.35 bits per heavy atom. The molecule has 0 aliphatic carbocycles. The topological polar surface area (TPSA) is 77.9 Å². The molecule has 0 bridgehead atoms. The Bertz CT molecular complexity index is 301. The predicted octanol–water partition coefficient (Wildman–Crippen LogP) is -0.0680. The Morgan fingerprint density at radius 1 is 1.29 bits per heavy atom. The number of likely N-dealkylation sites (tertiary alicyclic amines) is 1. The van der Waals surface area contributed by atoms with Crippen LogP contribution in [0.3, 0.4) is 0 Å². The normalized spacial score (nSPS) is 16.0. The number of rotatable bonds is 7. The molecule has 6 heteroatoms. The van der Waals surface area contributed by atoms with Gasteiger partial charge >= 0.3 is 5.97 Å². The van der Waals surface area contributed by atoms with Gasteiger partial charge in [0.15, 0.2) is 0 Å². The first-order valence-electron chi connectivity index (χ1n) is 5.82. The van der Waals surface area contributed by atoms with Crippen LogP contribution in [0.15, 0.2) is 0 Å². The highest BCUT2D eigenvalue weighted by Crippen LogP contribution is 2.11. The molecule has 0 saturated carbocycles. The van der Waals surface area contributed by atoms with Gasteiger partial charge in [0.1, 0.15) is 0 Å². The van der Waals surface area contributed by atoms with Crippen LogP contribution in [-0.2, 0) is 14.4 Å². The number of amides is 2. The minimum Gasteiger partial charge on any atom is -0.480 e. The summed E-state index contributed by atoms with van der Waals surface area (Å²) in [4.78, 5) is 36.3. The zero-order valence-corrected chi connectivity index (χ0v) is 10.0. The molecule has 96 valence electrons. The fourth-order valence-electron chi connectivity index (χ4n) is 1.89. The van der Waals surface area contributed by atoms with Gasteiger partial charge in [-0.15, -0.1) is 0 Å². The fourth-order valence-corrected chi connectivity index (χ4v) is 1.89. The van der Waals surface area contributed by atoms with Crippen molar-refractivity contribution in [2.24, 2.45) is 0 Å². The molecular weight excluding hydrogens is 224 g/mol. The van der Waals surface area contributed by atoms with Gasteiger partial charge in [-0.2, -0.15) is 0 Å². The zero-order chi connectivity index (χ0) is 12.8. The third-order valence-corrected chi connectivity index (χ3v) is 2.69. The van der Waals surface area contributed by atoms with E-state index in [4.69, 9.17) is 5.11 Å². The Kier molecular flexibility index (Phi) is 5.09. The number of hydrogen-bond acceptors (Lipinski definition) is 4. The molecule has 0 aromatic rings. The smallest absolute Gasteiger partial charge is 0.317 e. The SMILES string of the molecule is CCCN(CCN1C(=O)CCC1=O)CC(=O)O. The van der Waals surface area contributed by atoms with Gasteiger partial charge in [0.05, 0.1) is 6.54 Å². The molecule has 1 saturated heterocycles. The second-order valence-corrected chi connectivity index (χ2v) is 4.11. The van der Waals surface area contributed by atoms with E-state index in [1.165, 1.54) is 4.90 Å². The van der Waals surface area contributed by atoms with Crippen LogP contribution >= 0.6 is 0 Å². The molecule has 0 atom stereocenters. The summed E-state index contributed by atoms with van der Waals surface area (Å²) >= 11 is 0. The van der Waals surface area contributed by atoms with Gasteiger partial charge in [0, 0.05) is 25.9 Å². The second kappa shape index (κ2) is 6.34. The van der Waals surface area contributed by atoms with Gasteiger partial charge in [-0.05, 0) is 13.0 Å². The maximum atomic E-state index is 11.3. The van der Waals surface area contributed by atoms with Crippen LogP contribution in [0.5, 0.6) is 0 Å².